The fourth-order valence-corrected chi connectivity index (χ4v) is 1.70. The van der Waals surface area contributed by atoms with Crippen molar-refractivity contribution < 1.29 is 13.2 Å². The number of nitrogens with zero attached hydrogens (tertiary/aromatic N) is 3. The molecular weight excluding hydrogens is 271 g/mol. The molecule has 0 bridgehead atoms. The fraction of sp³-hybridized carbons (Fsp3) is 0.333. The highest BCUT2D eigenvalue weighted by Gasteiger charge is 2.31. The lowest BCUT2D eigenvalue weighted by Gasteiger charge is -2.11. The van der Waals surface area contributed by atoms with Crippen molar-refractivity contribution in [1.82, 2.24) is 14.5 Å². The Labute approximate surface area is 113 Å². The lowest BCUT2D eigenvalue weighted by molar-refractivity contribution is -0.137. The average Bonchev–Trinajstić information content (AvgIpc) is 2.86. The van der Waals surface area contributed by atoms with E-state index in [1.54, 1.807) is 12.5 Å². The molecule has 2 heterocycles. The summed E-state index contributed by atoms with van der Waals surface area (Å²) in [6.07, 6.45) is 1.47. The summed E-state index contributed by atoms with van der Waals surface area (Å²) < 4.78 is 39.7. The Kier molecular flexibility index (Phi) is 4.11. The first-order chi connectivity index (χ1) is 9.45. The molecule has 0 amide bonds. The van der Waals surface area contributed by atoms with Crippen LogP contribution in [0, 0.1) is 0 Å². The molecule has 0 aliphatic rings. The van der Waals surface area contributed by atoms with E-state index in [0.717, 1.165) is 25.1 Å². The topological polar surface area (TPSA) is 68.8 Å². The molecule has 108 valence electrons. The maximum absolute atomic E-state index is 12.6. The highest BCUT2D eigenvalue weighted by Crippen LogP contribution is 2.31. The first-order valence-corrected chi connectivity index (χ1v) is 5.99. The summed E-state index contributed by atoms with van der Waals surface area (Å²) in [7, 11) is 0. The Morgan fingerprint density at radius 2 is 2.10 bits per heavy atom. The highest BCUT2D eigenvalue weighted by atomic mass is 19.4. The second-order valence-electron chi connectivity index (χ2n) is 4.24. The minimum Gasteiger partial charge on any atom is -0.384 e. The van der Waals surface area contributed by atoms with Crippen molar-refractivity contribution in [2.24, 2.45) is 0 Å². The van der Waals surface area contributed by atoms with Gasteiger partial charge in [0.25, 0.3) is 0 Å². The van der Waals surface area contributed by atoms with Gasteiger partial charge in [0.05, 0.1) is 11.9 Å². The Morgan fingerprint density at radius 3 is 2.75 bits per heavy atom. The van der Waals surface area contributed by atoms with Gasteiger partial charge in [-0.05, 0) is 18.6 Å². The SMILES string of the molecule is Nc1cc(C(F)(F)F)cc(NCCCn2ccnc2)n1. The van der Waals surface area contributed by atoms with E-state index in [2.05, 4.69) is 15.3 Å². The number of aromatic nitrogens is 3. The van der Waals surface area contributed by atoms with Crippen LogP contribution in [-0.2, 0) is 12.7 Å². The molecule has 2 aromatic rings. The number of rotatable bonds is 5. The van der Waals surface area contributed by atoms with Crippen molar-refractivity contribution >= 4 is 11.6 Å². The molecule has 0 aliphatic heterocycles. The first kappa shape index (κ1) is 14.2. The molecule has 20 heavy (non-hydrogen) atoms. The molecule has 0 unspecified atom stereocenters. The minimum atomic E-state index is -4.43. The number of hydrogen-bond acceptors (Lipinski definition) is 4. The van der Waals surface area contributed by atoms with Crippen molar-refractivity contribution in [3.63, 3.8) is 0 Å². The normalized spacial score (nSPS) is 11.6. The number of alkyl halides is 3. The van der Waals surface area contributed by atoms with Gasteiger partial charge in [0, 0.05) is 25.5 Å². The summed E-state index contributed by atoms with van der Waals surface area (Å²) in [5.74, 6) is -0.0279. The first-order valence-electron chi connectivity index (χ1n) is 5.99. The van der Waals surface area contributed by atoms with E-state index in [1.807, 2.05) is 10.8 Å². The number of imidazole rings is 1. The molecule has 0 radical (unpaired) electrons. The highest BCUT2D eigenvalue weighted by molar-refractivity contribution is 5.47. The van der Waals surface area contributed by atoms with Crippen LogP contribution in [0.25, 0.3) is 0 Å². The predicted octanol–water partition coefficient (Wildman–Crippen LogP) is 2.38. The molecule has 0 atom stereocenters. The molecule has 8 heteroatoms. The third kappa shape index (κ3) is 3.87. The second kappa shape index (κ2) is 5.81. The van der Waals surface area contributed by atoms with E-state index in [4.69, 9.17) is 5.73 Å². The lowest BCUT2D eigenvalue weighted by atomic mass is 10.2. The van der Waals surface area contributed by atoms with Gasteiger partial charge in [-0.25, -0.2) is 9.97 Å². The molecule has 0 saturated heterocycles. The van der Waals surface area contributed by atoms with Crippen molar-refractivity contribution in [2.75, 3.05) is 17.6 Å². The number of nitrogens with two attached hydrogens (primary N) is 1. The Balaban J connectivity index is 1.91. The quantitative estimate of drug-likeness (QED) is 0.828. The van der Waals surface area contributed by atoms with Crippen LogP contribution >= 0.6 is 0 Å². The molecule has 3 N–H and O–H groups in total. The fourth-order valence-electron chi connectivity index (χ4n) is 1.70. The van der Waals surface area contributed by atoms with Gasteiger partial charge in [-0.3, -0.25) is 0 Å². The van der Waals surface area contributed by atoms with E-state index < -0.39 is 11.7 Å². The standard InChI is InChI=1S/C12H14F3N5/c13-12(14,15)9-6-10(16)19-11(7-9)18-2-1-4-20-5-3-17-8-20/h3,5-8H,1-2,4H2,(H3,16,18,19). The number of anilines is 2. The van der Waals surface area contributed by atoms with Crippen molar-refractivity contribution in [3.05, 3.63) is 36.4 Å². The molecular formula is C12H14F3N5. The van der Waals surface area contributed by atoms with Crippen LogP contribution in [0.3, 0.4) is 0 Å². The van der Waals surface area contributed by atoms with Crippen LogP contribution < -0.4 is 11.1 Å². The van der Waals surface area contributed by atoms with E-state index in [1.165, 1.54) is 0 Å². The van der Waals surface area contributed by atoms with Crippen LogP contribution in [0.4, 0.5) is 24.8 Å². The summed E-state index contributed by atoms with van der Waals surface area (Å²) in [4.78, 5) is 7.73. The van der Waals surface area contributed by atoms with Crippen LogP contribution in [0.5, 0.6) is 0 Å². The van der Waals surface area contributed by atoms with E-state index in [-0.39, 0.29) is 11.6 Å². The molecule has 2 aromatic heterocycles. The van der Waals surface area contributed by atoms with E-state index >= 15 is 0 Å². The van der Waals surface area contributed by atoms with Gasteiger partial charge in [0.15, 0.2) is 0 Å². The van der Waals surface area contributed by atoms with Gasteiger partial charge < -0.3 is 15.6 Å². The molecule has 5 nitrogen and oxygen atoms in total. The number of nitrogens with one attached hydrogen (secondary N) is 1. The zero-order chi connectivity index (χ0) is 14.6. The molecule has 0 saturated carbocycles. The molecule has 0 fully saturated rings. The number of hydrogen-bond donors (Lipinski definition) is 2. The number of nitrogen functional groups attached to an aromatic ring is 1. The van der Waals surface area contributed by atoms with Gasteiger partial charge in [0.1, 0.15) is 11.6 Å². The predicted molar refractivity (Wildman–Crippen MR) is 69.0 cm³/mol. The van der Waals surface area contributed by atoms with E-state index in [9.17, 15) is 13.2 Å². The van der Waals surface area contributed by atoms with Crippen molar-refractivity contribution in [2.45, 2.75) is 19.1 Å². The second-order valence-corrected chi connectivity index (χ2v) is 4.24. The molecule has 2 rings (SSSR count). The Morgan fingerprint density at radius 1 is 1.30 bits per heavy atom. The van der Waals surface area contributed by atoms with Gasteiger partial charge >= 0.3 is 6.18 Å². The van der Waals surface area contributed by atoms with Crippen LogP contribution in [0.1, 0.15) is 12.0 Å². The van der Waals surface area contributed by atoms with Crippen LogP contribution in [-0.4, -0.2) is 21.1 Å². The molecule has 0 spiro atoms. The molecule has 0 aromatic carbocycles. The van der Waals surface area contributed by atoms with Gasteiger partial charge in [-0.2, -0.15) is 13.2 Å². The largest absolute Gasteiger partial charge is 0.416 e. The van der Waals surface area contributed by atoms with Crippen molar-refractivity contribution in [1.29, 1.82) is 0 Å². The van der Waals surface area contributed by atoms with E-state index in [0.29, 0.717) is 6.54 Å². The summed E-state index contributed by atoms with van der Waals surface area (Å²) in [5, 5.41) is 2.84. The number of halogens is 3. The summed E-state index contributed by atoms with van der Waals surface area (Å²) in [5.41, 5.74) is 4.57. The summed E-state index contributed by atoms with van der Waals surface area (Å²) in [6.45, 7) is 1.22. The lowest BCUT2D eigenvalue weighted by Crippen LogP contribution is -2.11. The van der Waals surface area contributed by atoms with Crippen LogP contribution in [0.15, 0.2) is 30.9 Å². The maximum Gasteiger partial charge on any atom is 0.416 e. The van der Waals surface area contributed by atoms with Crippen molar-refractivity contribution in [3.8, 4) is 0 Å². The monoisotopic (exact) mass is 285 g/mol. The number of aryl methyl sites for hydroxylation is 1. The zero-order valence-electron chi connectivity index (χ0n) is 10.6. The smallest absolute Gasteiger partial charge is 0.384 e. The summed E-state index contributed by atoms with van der Waals surface area (Å²) >= 11 is 0. The molecule has 0 aliphatic carbocycles. The minimum absolute atomic E-state index is 0.128. The zero-order valence-corrected chi connectivity index (χ0v) is 10.6. The Hall–Kier alpha value is -2.25. The Bertz CT molecular complexity index is 551. The third-order valence-corrected chi connectivity index (χ3v) is 2.63. The summed E-state index contributed by atoms with van der Waals surface area (Å²) in [6, 6.07) is 1.77. The third-order valence-electron chi connectivity index (χ3n) is 2.63. The average molecular weight is 285 g/mol. The van der Waals surface area contributed by atoms with Gasteiger partial charge in [-0.1, -0.05) is 0 Å². The van der Waals surface area contributed by atoms with Gasteiger partial charge in [-0.15, -0.1) is 0 Å². The number of pyridine rings is 1. The van der Waals surface area contributed by atoms with Crippen LogP contribution in [0.2, 0.25) is 0 Å². The maximum atomic E-state index is 12.6. The van der Waals surface area contributed by atoms with Gasteiger partial charge in [0.2, 0.25) is 0 Å².